The van der Waals surface area contributed by atoms with Gasteiger partial charge in [0.15, 0.2) is 5.82 Å². The standard InChI is InChI=1S/C19H20N8O/c28-19(21-12-16-24-18-20-9-5-11-27(18)25-16)26-10-4-3-8-15(26)17-22-13-6-1-2-7-14(13)23-17/h1-2,5-7,9,11,15H,3-4,8,10,12H2,(H,21,28)(H,22,23). The minimum atomic E-state index is -0.128. The monoisotopic (exact) mass is 376 g/mol. The number of aromatic nitrogens is 6. The first-order valence-corrected chi connectivity index (χ1v) is 9.43. The van der Waals surface area contributed by atoms with Crippen molar-refractivity contribution >= 4 is 22.8 Å². The molecule has 4 aromatic rings. The molecule has 1 atom stereocenters. The van der Waals surface area contributed by atoms with Crippen molar-refractivity contribution in [3.8, 4) is 0 Å². The maximum Gasteiger partial charge on any atom is 0.318 e. The zero-order valence-electron chi connectivity index (χ0n) is 15.2. The molecule has 4 heterocycles. The van der Waals surface area contributed by atoms with E-state index in [4.69, 9.17) is 4.98 Å². The molecule has 0 bridgehead atoms. The first kappa shape index (κ1) is 16.7. The van der Waals surface area contributed by atoms with E-state index in [0.717, 1.165) is 36.1 Å². The van der Waals surface area contributed by atoms with Gasteiger partial charge in [0.1, 0.15) is 5.82 Å². The number of carbonyl (C=O) groups is 1. The van der Waals surface area contributed by atoms with Gasteiger partial charge in [-0.1, -0.05) is 12.1 Å². The Morgan fingerprint density at radius 1 is 1.21 bits per heavy atom. The van der Waals surface area contributed by atoms with E-state index in [1.807, 2.05) is 29.2 Å². The van der Waals surface area contributed by atoms with Crippen molar-refractivity contribution in [3.05, 3.63) is 54.4 Å². The molecule has 0 aliphatic carbocycles. The van der Waals surface area contributed by atoms with E-state index >= 15 is 0 Å². The minimum absolute atomic E-state index is 0.0585. The van der Waals surface area contributed by atoms with E-state index in [-0.39, 0.29) is 18.6 Å². The summed E-state index contributed by atoms with van der Waals surface area (Å²) in [6.45, 7) is 0.958. The summed E-state index contributed by atoms with van der Waals surface area (Å²) in [7, 11) is 0. The van der Waals surface area contributed by atoms with Gasteiger partial charge in [-0.25, -0.2) is 19.3 Å². The van der Waals surface area contributed by atoms with Crippen LogP contribution in [0.1, 0.15) is 37.0 Å². The number of imidazole rings is 1. The molecule has 9 heteroatoms. The quantitative estimate of drug-likeness (QED) is 0.571. The Bertz CT molecular complexity index is 1070. The van der Waals surface area contributed by atoms with Crippen molar-refractivity contribution in [2.75, 3.05) is 6.54 Å². The number of nitrogens with one attached hydrogen (secondary N) is 2. The van der Waals surface area contributed by atoms with Crippen LogP contribution >= 0.6 is 0 Å². The van der Waals surface area contributed by atoms with Crippen molar-refractivity contribution in [1.82, 2.24) is 39.8 Å². The highest BCUT2D eigenvalue weighted by Crippen LogP contribution is 2.30. The first-order chi connectivity index (χ1) is 13.8. The van der Waals surface area contributed by atoms with Crippen LogP contribution in [-0.2, 0) is 6.54 Å². The Kier molecular flexibility index (Phi) is 4.12. The first-order valence-electron chi connectivity index (χ1n) is 9.43. The van der Waals surface area contributed by atoms with Gasteiger partial charge < -0.3 is 15.2 Å². The number of para-hydroxylation sites is 2. The second-order valence-corrected chi connectivity index (χ2v) is 6.90. The van der Waals surface area contributed by atoms with Crippen LogP contribution in [0, 0.1) is 0 Å². The van der Waals surface area contributed by atoms with Gasteiger partial charge in [0.25, 0.3) is 5.78 Å². The third kappa shape index (κ3) is 3.04. The number of benzene rings is 1. The summed E-state index contributed by atoms with van der Waals surface area (Å²) < 4.78 is 1.60. The fourth-order valence-electron chi connectivity index (χ4n) is 3.70. The fraction of sp³-hybridized carbons (Fsp3) is 0.316. The fourth-order valence-corrected chi connectivity index (χ4v) is 3.70. The van der Waals surface area contributed by atoms with Crippen LogP contribution in [0.5, 0.6) is 0 Å². The zero-order chi connectivity index (χ0) is 18.9. The van der Waals surface area contributed by atoms with Crippen LogP contribution in [0.25, 0.3) is 16.8 Å². The van der Waals surface area contributed by atoms with Gasteiger partial charge in [-0.05, 0) is 37.5 Å². The molecule has 1 aliphatic heterocycles. The number of rotatable bonds is 3. The lowest BCUT2D eigenvalue weighted by Gasteiger charge is -2.34. The molecule has 9 nitrogen and oxygen atoms in total. The maximum atomic E-state index is 12.9. The van der Waals surface area contributed by atoms with Crippen molar-refractivity contribution in [2.45, 2.75) is 31.8 Å². The van der Waals surface area contributed by atoms with E-state index in [9.17, 15) is 4.79 Å². The zero-order valence-corrected chi connectivity index (χ0v) is 15.2. The number of piperidine rings is 1. The summed E-state index contributed by atoms with van der Waals surface area (Å²) in [5, 5.41) is 7.27. The molecule has 1 aliphatic rings. The lowest BCUT2D eigenvalue weighted by molar-refractivity contribution is 0.147. The maximum absolute atomic E-state index is 12.9. The van der Waals surface area contributed by atoms with Gasteiger partial charge in [0.05, 0.1) is 23.6 Å². The van der Waals surface area contributed by atoms with Gasteiger partial charge in [0.2, 0.25) is 0 Å². The van der Waals surface area contributed by atoms with Gasteiger partial charge in [-0.2, -0.15) is 4.98 Å². The average molecular weight is 376 g/mol. The van der Waals surface area contributed by atoms with Crippen LogP contribution in [0.2, 0.25) is 0 Å². The molecule has 1 fully saturated rings. The van der Waals surface area contributed by atoms with E-state index < -0.39 is 0 Å². The lowest BCUT2D eigenvalue weighted by Crippen LogP contribution is -2.44. The van der Waals surface area contributed by atoms with Gasteiger partial charge in [0, 0.05) is 18.9 Å². The topological polar surface area (TPSA) is 104 Å². The highest BCUT2D eigenvalue weighted by molar-refractivity contribution is 5.76. The molecule has 2 amide bonds. The number of hydrogen-bond donors (Lipinski definition) is 2. The third-order valence-corrected chi connectivity index (χ3v) is 5.05. The molecule has 0 radical (unpaired) electrons. The molecule has 2 N–H and O–H groups in total. The Labute approximate surface area is 160 Å². The Morgan fingerprint density at radius 2 is 2.14 bits per heavy atom. The summed E-state index contributed by atoms with van der Waals surface area (Å²) in [6, 6.07) is 9.53. The molecule has 28 heavy (non-hydrogen) atoms. The highest BCUT2D eigenvalue weighted by atomic mass is 16.2. The number of likely N-dealkylation sites (tertiary alicyclic amines) is 1. The predicted molar refractivity (Wildman–Crippen MR) is 102 cm³/mol. The predicted octanol–water partition coefficient (Wildman–Crippen LogP) is 2.44. The van der Waals surface area contributed by atoms with Crippen LogP contribution in [-0.4, -0.2) is 47.0 Å². The number of carbonyl (C=O) groups excluding carboxylic acids is 1. The number of urea groups is 1. The SMILES string of the molecule is O=C(NCc1nc2ncccn2n1)N1CCCCC1c1nc2ccccc2[nH]1. The molecule has 1 unspecified atom stereocenters. The third-order valence-electron chi connectivity index (χ3n) is 5.05. The average Bonchev–Trinajstić information content (AvgIpc) is 3.35. The Morgan fingerprint density at radius 3 is 3.04 bits per heavy atom. The van der Waals surface area contributed by atoms with Crippen molar-refractivity contribution in [1.29, 1.82) is 0 Å². The Hall–Kier alpha value is -3.49. The second-order valence-electron chi connectivity index (χ2n) is 6.90. The molecule has 0 spiro atoms. The number of nitrogens with zero attached hydrogens (tertiary/aromatic N) is 6. The summed E-state index contributed by atoms with van der Waals surface area (Å²) in [5.41, 5.74) is 1.91. The molecule has 3 aromatic heterocycles. The van der Waals surface area contributed by atoms with Crippen molar-refractivity contribution < 1.29 is 4.79 Å². The van der Waals surface area contributed by atoms with E-state index in [1.54, 1.807) is 23.0 Å². The number of aromatic amines is 1. The van der Waals surface area contributed by atoms with Crippen LogP contribution in [0.3, 0.4) is 0 Å². The molecular weight excluding hydrogens is 356 g/mol. The van der Waals surface area contributed by atoms with Crippen molar-refractivity contribution in [2.24, 2.45) is 0 Å². The summed E-state index contributed by atoms with van der Waals surface area (Å²) >= 11 is 0. The van der Waals surface area contributed by atoms with Gasteiger partial charge in [-0.3, -0.25) is 0 Å². The number of fused-ring (bicyclic) bond motifs is 2. The number of amides is 2. The van der Waals surface area contributed by atoms with Crippen LogP contribution in [0.4, 0.5) is 4.79 Å². The molecule has 1 aromatic carbocycles. The molecule has 5 rings (SSSR count). The summed E-state index contributed by atoms with van der Waals surface area (Å²) in [6.07, 6.45) is 6.40. The molecule has 142 valence electrons. The van der Waals surface area contributed by atoms with Gasteiger partial charge >= 0.3 is 6.03 Å². The second kappa shape index (κ2) is 6.91. The van der Waals surface area contributed by atoms with Gasteiger partial charge in [-0.15, -0.1) is 5.10 Å². The smallest absolute Gasteiger partial charge is 0.318 e. The lowest BCUT2D eigenvalue weighted by atomic mass is 10.0. The van der Waals surface area contributed by atoms with Crippen LogP contribution in [0.15, 0.2) is 42.7 Å². The van der Waals surface area contributed by atoms with E-state index in [2.05, 4.69) is 25.4 Å². The minimum Gasteiger partial charge on any atom is -0.340 e. The number of hydrogen-bond acceptors (Lipinski definition) is 5. The van der Waals surface area contributed by atoms with E-state index in [1.165, 1.54) is 0 Å². The molecule has 1 saturated heterocycles. The number of H-pyrrole nitrogens is 1. The largest absolute Gasteiger partial charge is 0.340 e. The Balaban J connectivity index is 1.33. The molecule has 0 saturated carbocycles. The summed E-state index contributed by atoms with van der Waals surface area (Å²) in [4.78, 5) is 31.3. The van der Waals surface area contributed by atoms with Crippen molar-refractivity contribution in [3.63, 3.8) is 0 Å². The summed E-state index contributed by atoms with van der Waals surface area (Å²) in [5.74, 6) is 1.89. The molecular formula is C19H20N8O. The highest BCUT2D eigenvalue weighted by Gasteiger charge is 2.30. The van der Waals surface area contributed by atoms with Crippen LogP contribution < -0.4 is 5.32 Å². The normalized spacial score (nSPS) is 17.3. The van der Waals surface area contributed by atoms with E-state index in [0.29, 0.717) is 18.1 Å².